The molecule has 0 aliphatic carbocycles. The van der Waals surface area contributed by atoms with Crippen molar-refractivity contribution in [2.45, 2.75) is 25.5 Å². The lowest BCUT2D eigenvalue weighted by Gasteiger charge is -2.20. The molecular weight excluding hydrogens is 532 g/mol. The minimum absolute atomic E-state index is 0. The van der Waals surface area contributed by atoms with Gasteiger partial charge in [-0.2, -0.15) is 0 Å². The van der Waals surface area contributed by atoms with Gasteiger partial charge in [-0.25, -0.2) is 4.98 Å². The number of anilines is 1. The highest BCUT2D eigenvalue weighted by Crippen LogP contribution is 2.27. The number of rotatable bonds is 6. The summed E-state index contributed by atoms with van der Waals surface area (Å²) in [4.78, 5) is 11.9. The third-order valence-electron chi connectivity index (χ3n) is 4.26. The molecule has 0 saturated carbocycles. The highest BCUT2D eigenvalue weighted by atomic mass is 127. The van der Waals surface area contributed by atoms with Gasteiger partial charge >= 0.3 is 0 Å². The van der Waals surface area contributed by atoms with E-state index in [0.717, 1.165) is 36.8 Å². The summed E-state index contributed by atoms with van der Waals surface area (Å²) in [7, 11) is 0. The smallest absolute Gasteiger partial charge is 0.191 e. The van der Waals surface area contributed by atoms with Crippen molar-refractivity contribution in [3.8, 4) is 0 Å². The standard InChI is InChI=1S/C18H23Cl2N5OS.HI/c1-2-21-18(23-10-14(26)15-5-6-16(20)27-15)24-12-7-9-25(11-12)17-13(19)4-3-8-22-17;/h3-6,8,12,14,26H,2,7,9-11H2,1H3,(H2,21,23,24);1H. The number of hydrogen-bond donors (Lipinski definition) is 3. The number of nitrogens with zero attached hydrogens (tertiary/aromatic N) is 3. The molecule has 0 radical (unpaired) electrons. The molecule has 1 aliphatic heterocycles. The monoisotopic (exact) mass is 555 g/mol. The van der Waals surface area contributed by atoms with Crippen molar-refractivity contribution >= 4 is 70.3 Å². The van der Waals surface area contributed by atoms with Crippen LogP contribution in [0.15, 0.2) is 35.5 Å². The molecule has 154 valence electrons. The number of thiophene rings is 1. The second-order valence-corrected chi connectivity index (χ2v) is 8.42. The van der Waals surface area contributed by atoms with Gasteiger partial charge in [0.15, 0.2) is 5.96 Å². The van der Waals surface area contributed by atoms with Crippen LogP contribution in [0.2, 0.25) is 9.36 Å². The molecule has 2 atom stereocenters. The number of pyridine rings is 1. The third-order valence-corrected chi connectivity index (χ3v) is 5.88. The predicted molar refractivity (Wildman–Crippen MR) is 129 cm³/mol. The lowest BCUT2D eigenvalue weighted by molar-refractivity contribution is 0.191. The molecule has 2 unspecified atom stereocenters. The molecule has 0 aromatic carbocycles. The van der Waals surface area contributed by atoms with Crippen LogP contribution in [0.1, 0.15) is 24.3 Å². The van der Waals surface area contributed by atoms with Gasteiger partial charge in [-0.15, -0.1) is 35.3 Å². The van der Waals surface area contributed by atoms with Crippen molar-refractivity contribution in [2.75, 3.05) is 31.1 Å². The molecule has 0 bridgehead atoms. The summed E-state index contributed by atoms with van der Waals surface area (Å²) in [5, 5.41) is 17.6. The van der Waals surface area contributed by atoms with Crippen molar-refractivity contribution in [2.24, 2.45) is 4.99 Å². The Labute approximate surface area is 196 Å². The molecule has 0 spiro atoms. The number of aromatic nitrogens is 1. The minimum Gasteiger partial charge on any atom is -0.386 e. The zero-order valence-corrected chi connectivity index (χ0v) is 20.1. The Kier molecular flexibility index (Phi) is 9.55. The van der Waals surface area contributed by atoms with Crippen molar-refractivity contribution in [3.05, 3.63) is 44.7 Å². The average molecular weight is 556 g/mol. The Balaban J connectivity index is 0.00000280. The molecule has 2 aromatic rings. The van der Waals surface area contributed by atoms with E-state index in [2.05, 4.69) is 25.5 Å². The number of hydrogen-bond acceptors (Lipinski definition) is 5. The Bertz CT molecular complexity index is 791. The van der Waals surface area contributed by atoms with Gasteiger partial charge in [-0.05, 0) is 37.6 Å². The number of aliphatic imine (C=N–C) groups is 1. The molecule has 28 heavy (non-hydrogen) atoms. The van der Waals surface area contributed by atoms with Gasteiger partial charge in [0.05, 0.1) is 15.9 Å². The first-order valence-corrected chi connectivity index (χ1v) is 10.5. The number of halogens is 3. The molecule has 10 heteroatoms. The molecule has 0 amide bonds. The van der Waals surface area contributed by atoms with Gasteiger partial charge in [-0.3, -0.25) is 4.99 Å². The molecule has 1 saturated heterocycles. The third kappa shape index (κ3) is 6.35. The van der Waals surface area contributed by atoms with Gasteiger partial charge in [0, 0.05) is 36.8 Å². The van der Waals surface area contributed by atoms with E-state index < -0.39 is 6.10 Å². The first-order chi connectivity index (χ1) is 13.1. The highest BCUT2D eigenvalue weighted by Gasteiger charge is 2.25. The van der Waals surface area contributed by atoms with Gasteiger partial charge in [0.1, 0.15) is 11.9 Å². The Hall–Kier alpha value is -0.810. The highest BCUT2D eigenvalue weighted by molar-refractivity contribution is 14.0. The van der Waals surface area contributed by atoms with E-state index in [1.165, 1.54) is 11.3 Å². The SMILES string of the molecule is CCNC(=NCC(O)c1ccc(Cl)s1)NC1CCN(c2ncccc2Cl)C1.I. The van der Waals surface area contributed by atoms with Crippen molar-refractivity contribution in [1.29, 1.82) is 0 Å². The van der Waals surface area contributed by atoms with Crippen LogP contribution in [0.3, 0.4) is 0 Å². The fraction of sp³-hybridized carbons (Fsp3) is 0.444. The molecule has 2 aromatic heterocycles. The second kappa shape index (κ2) is 11.4. The molecule has 6 nitrogen and oxygen atoms in total. The van der Waals surface area contributed by atoms with E-state index in [1.54, 1.807) is 12.3 Å². The van der Waals surface area contributed by atoms with Crippen LogP contribution in [0, 0.1) is 0 Å². The lowest BCUT2D eigenvalue weighted by atomic mass is 10.2. The van der Waals surface area contributed by atoms with Crippen LogP contribution in [0.25, 0.3) is 0 Å². The van der Waals surface area contributed by atoms with Gasteiger partial charge < -0.3 is 20.6 Å². The minimum atomic E-state index is -0.662. The maximum Gasteiger partial charge on any atom is 0.191 e. The number of guanidine groups is 1. The Morgan fingerprint density at radius 2 is 2.25 bits per heavy atom. The van der Waals surface area contributed by atoms with E-state index >= 15 is 0 Å². The molecular formula is C18H24Cl2IN5OS. The van der Waals surface area contributed by atoms with Gasteiger partial charge in [0.25, 0.3) is 0 Å². The molecule has 3 N–H and O–H groups in total. The van der Waals surface area contributed by atoms with E-state index in [1.807, 2.05) is 25.1 Å². The van der Waals surface area contributed by atoms with Crippen LogP contribution in [-0.2, 0) is 0 Å². The van der Waals surface area contributed by atoms with Crippen molar-refractivity contribution in [1.82, 2.24) is 15.6 Å². The van der Waals surface area contributed by atoms with Crippen LogP contribution in [0.4, 0.5) is 5.82 Å². The summed E-state index contributed by atoms with van der Waals surface area (Å²) in [6.45, 7) is 4.71. The van der Waals surface area contributed by atoms with Gasteiger partial charge in [-0.1, -0.05) is 23.2 Å². The topological polar surface area (TPSA) is 72.8 Å². The molecule has 1 aliphatic rings. The van der Waals surface area contributed by atoms with E-state index in [9.17, 15) is 5.11 Å². The number of nitrogens with one attached hydrogen (secondary N) is 2. The summed E-state index contributed by atoms with van der Waals surface area (Å²) in [5.41, 5.74) is 0. The van der Waals surface area contributed by atoms with Crippen LogP contribution < -0.4 is 15.5 Å². The maximum absolute atomic E-state index is 10.3. The van der Waals surface area contributed by atoms with Crippen LogP contribution in [-0.4, -0.2) is 48.3 Å². The largest absolute Gasteiger partial charge is 0.386 e. The van der Waals surface area contributed by atoms with Gasteiger partial charge in [0.2, 0.25) is 0 Å². The zero-order valence-electron chi connectivity index (χ0n) is 15.4. The molecule has 3 heterocycles. The van der Waals surface area contributed by atoms with Crippen LogP contribution >= 0.6 is 58.5 Å². The van der Waals surface area contributed by atoms with Crippen LogP contribution in [0.5, 0.6) is 0 Å². The fourth-order valence-corrected chi connectivity index (χ4v) is 4.25. The fourth-order valence-electron chi connectivity index (χ4n) is 2.97. The van der Waals surface area contributed by atoms with E-state index in [0.29, 0.717) is 15.3 Å². The first kappa shape index (κ1) is 23.5. The molecule has 3 rings (SSSR count). The number of aliphatic hydroxyl groups excluding tert-OH is 1. The lowest BCUT2D eigenvalue weighted by Crippen LogP contribution is -2.44. The molecule has 1 fully saturated rings. The summed E-state index contributed by atoms with van der Waals surface area (Å²) in [6, 6.07) is 7.54. The zero-order chi connectivity index (χ0) is 19.2. The Morgan fingerprint density at radius 3 is 2.93 bits per heavy atom. The predicted octanol–water partition coefficient (Wildman–Crippen LogP) is 3.94. The van der Waals surface area contributed by atoms with E-state index in [4.69, 9.17) is 23.2 Å². The summed E-state index contributed by atoms with van der Waals surface area (Å²) >= 11 is 13.6. The van der Waals surface area contributed by atoms with Crippen molar-refractivity contribution in [3.63, 3.8) is 0 Å². The van der Waals surface area contributed by atoms with Crippen molar-refractivity contribution < 1.29 is 5.11 Å². The average Bonchev–Trinajstić information content (AvgIpc) is 3.29. The first-order valence-electron chi connectivity index (χ1n) is 8.90. The number of aliphatic hydroxyl groups is 1. The normalized spacial score (nSPS) is 17.9. The Morgan fingerprint density at radius 1 is 1.43 bits per heavy atom. The summed E-state index contributed by atoms with van der Waals surface area (Å²) in [5.74, 6) is 1.51. The summed E-state index contributed by atoms with van der Waals surface area (Å²) < 4.78 is 0.664. The maximum atomic E-state index is 10.3. The summed E-state index contributed by atoms with van der Waals surface area (Å²) in [6.07, 6.45) is 2.05. The second-order valence-electron chi connectivity index (χ2n) is 6.26. The quantitative estimate of drug-likeness (QED) is 0.286. The van der Waals surface area contributed by atoms with E-state index in [-0.39, 0.29) is 36.6 Å².